The monoisotopic (exact) mass is 359 g/mol. The Kier molecular flexibility index (Phi) is 3.14. The Labute approximate surface area is 156 Å². The SMILES string of the molecule is C=C1CC23CCC1CC2C12CCCC(C)(C4OCCN4C1O)C2C(O)C3. The van der Waals surface area contributed by atoms with Crippen molar-refractivity contribution >= 4 is 0 Å². The lowest BCUT2D eigenvalue weighted by molar-refractivity contribution is -0.344. The Morgan fingerprint density at radius 3 is 2.88 bits per heavy atom. The van der Waals surface area contributed by atoms with Crippen LogP contribution in [0.25, 0.3) is 0 Å². The molecule has 0 radical (unpaired) electrons. The van der Waals surface area contributed by atoms with Crippen LogP contribution >= 0.6 is 0 Å². The van der Waals surface area contributed by atoms with Crippen molar-refractivity contribution in [3.8, 4) is 0 Å². The van der Waals surface area contributed by atoms with E-state index >= 15 is 0 Å². The van der Waals surface area contributed by atoms with Gasteiger partial charge in [-0.3, -0.25) is 0 Å². The van der Waals surface area contributed by atoms with Gasteiger partial charge >= 0.3 is 0 Å². The number of piperidine rings is 1. The highest BCUT2D eigenvalue weighted by molar-refractivity contribution is 5.26. The van der Waals surface area contributed by atoms with E-state index in [2.05, 4.69) is 18.4 Å². The van der Waals surface area contributed by atoms with Crippen LogP contribution in [0.5, 0.6) is 0 Å². The molecule has 4 heteroatoms. The summed E-state index contributed by atoms with van der Waals surface area (Å²) in [4.78, 5) is 2.26. The highest BCUT2D eigenvalue weighted by atomic mass is 16.5. The predicted octanol–water partition coefficient (Wildman–Crippen LogP) is 2.90. The third-order valence-electron chi connectivity index (χ3n) is 9.96. The van der Waals surface area contributed by atoms with E-state index in [1.165, 1.54) is 24.8 Å². The fourth-order valence-corrected chi connectivity index (χ4v) is 9.35. The zero-order valence-electron chi connectivity index (χ0n) is 16.0. The summed E-state index contributed by atoms with van der Waals surface area (Å²) in [6.45, 7) is 8.30. The minimum Gasteiger partial charge on any atom is -0.393 e. The van der Waals surface area contributed by atoms with Gasteiger partial charge in [0, 0.05) is 23.3 Å². The second-order valence-electron chi connectivity index (χ2n) is 10.8. The number of nitrogens with zero attached hydrogens (tertiary/aromatic N) is 1. The molecule has 5 aliphatic carbocycles. The first-order valence-electron chi connectivity index (χ1n) is 10.8. The Bertz CT molecular complexity index is 666. The molecule has 9 unspecified atom stereocenters. The normalized spacial score (nSPS) is 61.1. The molecule has 26 heavy (non-hydrogen) atoms. The molecule has 5 saturated carbocycles. The van der Waals surface area contributed by atoms with Gasteiger partial charge in [0.2, 0.25) is 0 Å². The zero-order chi connectivity index (χ0) is 17.9. The van der Waals surface area contributed by atoms with Crippen molar-refractivity contribution in [3.63, 3.8) is 0 Å². The molecule has 2 saturated heterocycles. The lowest BCUT2D eigenvalue weighted by Crippen LogP contribution is -2.77. The Morgan fingerprint density at radius 1 is 1.23 bits per heavy atom. The minimum atomic E-state index is -0.460. The minimum absolute atomic E-state index is 0.0182. The predicted molar refractivity (Wildman–Crippen MR) is 98.0 cm³/mol. The van der Waals surface area contributed by atoms with Crippen LogP contribution < -0.4 is 0 Å². The molecule has 0 aromatic heterocycles. The van der Waals surface area contributed by atoms with Gasteiger partial charge < -0.3 is 14.9 Å². The molecule has 9 atom stereocenters. The smallest absolute Gasteiger partial charge is 0.118 e. The first-order chi connectivity index (χ1) is 12.4. The molecule has 0 amide bonds. The Morgan fingerprint density at radius 2 is 2.08 bits per heavy atom. The number of allylic oxidation sites excluding steroid dienone is 1. The zero-order valence-corrected chi connectivity index (χ0v) is 16.0. The molecule has 0 aromatic rings. The van der Waals surface area contributed by atoms with Gasteiger partial charge in [0.25, 0.3) is 0 Å². The standard InChI is InChI=1S/C22H33NO3/c1-13-11-21-7-4-14(13)10-16(21)22-6-3-5-20(2,17(22)15(24)12-21)19-23(18(22)25)8-9-26-19/h14-19,24-25H,1,3-12H2,2H3. The molecule has 7 aliphatic rings. The van der Waals surface area contributed by atoms with Gasteiger partial charge in [0.1, 0.15) is 12.5 Å². The molecule has 7 fully saturated rings. The van der Waals surface area contributed by atoms with E-state index in [-0.39, 0.29) is 34.5 Å². The van der Waals surface area contributed by atoms with E-state index < -0.39 is 6.23 Å². The molecular weight excluding hydrogens is 326 g/mol. The van der Waals surface area contributed by atoms with Crippen LogP contribution in [0.2, 0.25) is 0 Å². The van der Waals surface area contributed by atoms with Gasteiger partial charge in [-0.15, -0.1) is 0 Å². The largest absolute Gasteiger partial charge is 0.393 e. The number of rotatable bonds is 0. The van der Waals surface area contributed by atoms with Gasteiger partial charge in [-0.25, -0.2) is 4.90 Å². The van der Waals surface area contributed by atoms with Crippen LogP contribution in [0.4, 0.5) is 0 Å². The van der Waals surface area contributed by atoms with Crippen LogP contribution in [0.3, 0.4) is 0 Å². The molecule has 4 bridgehead atoms. The summed E-state index contributed by atoms with van der Waals surface area (Å²) in [5.74, 6) is 1.34. The van der Waals surface area contributed by atoms with Gasteiger partial charge in [-0.05, 0) is 62.2 Å². The van der Waals surface area contributed by atoms with E-state index in [1.807, 2.05) is 0 Å². The van der Waals surface area contributed by atoms with Crippen molar-refractivity contribution in [3.05, 3.63) is 12.2 Å². The van der Waals surface area contributed by atoms with Crippen LogP contribution in [-0.2, 0) is 4.74 Å². The fourth-order valence-electron chi connectivity index (χ4n) is 9.35. The van der Waals surface area contributed by atoms with Crippen molar-refractivity contribution in [2.45, 2.75) is 76.9 Å². The molecule has 7 rings (SSSR count). The van der Waals surface area contributed by atoms with Crippen LogP contribution in [0, 0.1) is 34.0 Å². The number of aliphatic hydroxyl groups excluding tert-OH is 2. The quantitative estimate of drug-likeness (QED) is 0.653. The van der Waals surface area contributed by atoms with Crippen molar-refractivity contribution in [1.82, 2.24) is 4.90 Å². The molecule has 1 spiro atoms. The number of fused-ring (bicyclic) bond motifs is 4. The van der Waals surface area contributed by atoms with Crippen molar-refractivity contribution in [2.24, 2.45) is 34.0 Å². The van der Waals surface area contributed by atoms with E-state index in [9.17, 15) is 10.2 Å². The maximum absolute atomic E-state index is 11.8. The summed E-state index contributed by atoms with van der Waals surface area (Å²) < 4.78 is 6.16. The third-order valence-corrected chi connectivity index (χ3v) is 9.96. The first-order valence-corrected chi connectivity index (χ1v) is 10.8. The lowest BCUT2D eigenvalue weighted by Gasteiger charge is -2.74. The van der Waals surface area contributed by atoms with Crippen LogP contribution in [0.15, 0.2) is 12.2 Å². The third kappa shape index (κ3) is 1.64. The Hall–Kier alpha value is -0.420. The molecule has 0 aromatic carbocycles. The summed E-state index contributed by atoms with van der Waals surface area (Å²) in [5.41, 5.74) is 1.39. The average molecular weight is 360 g/mol. The molecule has 2 aliphatic heterocycles. The van der Waals surface area contributed by atoms with Gasteiger partial charge in [-0.2, -0.15) is 0 Å². The lowest BCUT2D eigenvalue weighted by atomic mass is 9.34. The van der Waals surface area contributed by atoms with Gasteiger partial charge in [0.15, 0.2) is 0 Å². The van der Waals surface area contributed by atoms with E-state index in [4.69, 9.17) is 4.74 Å². The van der Waals surface area contributed by atoms with Crippen molar-refractivity contribution in [1.29, 1.82) is 0 Å². The number of aliphatic hydroxyl groups is 2. The number of hydrogen-bond acceptors (Lipinski definition) is 4. The summed E-state index contributed by atoms with van der Waals surface area (Å²) in [6.07, 6.45) is 8.18. The maximum atomic E-state index is 11.8. The van der Waals surface area contributed by atoms with E-state index in [1.54, 1.807) is 0 Å². The van der Waals surface area contributed by atoms with Crippen molar-refractivity contribution in [2.75, 3.05) is 13.2 Å². The second kappa shape index (κ2) is 4.94. The summed E-state index contributed by atoms with van der Waals surface area (Å²) >= 11 is 0. The van der Waals surface area contributed by atoms with Gasteiger partial charge in [-0.1, -0.05) is 25.5 Å². The van der Waals surface area contributed by atoms with E-state index in [0.29, 0.717) is 18.4 Å². The summed E-state index contributed by atoms with van der Waals surface area (Å²) in [7, 11) is 0. The first kappa shape index (κ1) is 16.5. The van der Waals surface area contributed by atoms with Crippen LogP contribution in [0.1, 0.15) is 58.3 Å². The van der Waals surface area contributed by atoms with Gasteiger partial charge in [0.05, 0.1) is 12.7 Å². The number of hydrogen-bond donors (Lipinski definition) is 2. The fraction of sp³-hybridized carbons (Fsp3) is 0.909. The van der Waals surface area contributed by atoms with Crippen molar-refractivity contribution < 1.29 is 14.9 Å². The summed E-state index contributed by atoms with van der Waals surface area (Å²) in [5, 5.41) is 23.3. The van der Waals surface area contributed by atoms with E-state index in [0.717, 1.165) is 38.6 Å². The highest BCUT2D eigenvalue weighted by Gasteiger charge is 2.75. The topological polar surface area (TPSA) is 52.9 Å². The molecule has 2 N–H and O–H groups in total. The summed E-state index contributed by atoms with van der Waals surface area (Å²) in [6, 6.07) is 0. The Balaban J connectivity index is 1.55. The second-order valence-corrected chi connectivity index (χ2v) is 10.8. The number of ether oxygens (including phenoxy) is 1. The molecule has 2 heterocycles. The molecular formula is C22H33NO3. The van der Waals surface area contributed by atoms with Crippen LogP contribution in [-0.4, -0.2) is 46.8 Å². The molecule has 4 nitrogen and oxygen atoms in total. The average Bonchev–Trinajstić information content (AvgIpc) is 3.10. The maximum Gasteiger partial charge on any atom is 0.118 e. The molecule has 144 valence electrons. The highest BCUT2D eigenvalue weighted by Crippen LogP contribution is 2.75.